The molecule has 1 N–H and O–H groups in total. The van der Waals surface area contributed by atoms with E-state index in [1.807, 2.05) is 24.3 Å². The van der Waals surface area contributed by atoms with Crippen LogP contribution in [0.3, 0.4) is 0 Å². The summed E-state index contributed by atoms with van der Waals surface area (Å²) in [4.78, 5) is 0. The first-order valence-electron chi connectivity index (χ1n) is 6.52. The second kappa shape index (κ2) is 8.58. The Balaban J connectivity index is 1.85. The summed E-state index contributed by atoms with van der Waals surface area (Å²) in [6.07, 6.45) is 0. The van der Waals surface area contributed by atoms with Gasteiger partial charge in [-0.1, -0.05) is 12.1 Å². The molecule has 1 aromatic carbocycles. The molecule has 4 nitrogen and oxygen atoms in total. The van der Waals surface area contributed by atoms with Crippen LogP contribution in [0.25, 0.3) is 0 Å². The lowest BCUT2D eigenvalue weighted by molar-refractivity contribution is 0.0617. The molecule has 114 valence electrons. The van der Waals surface area contributed by atoms with Crippen molar-refractivity contribution in [2.45, 2.75) is 13.2 Å². The summed E-state index contributed by atoms with van der Waals surface area (Å²) in [5.74, 6) is 0.857. The first-order chi connectivity index (χ1) is 10.2. The fraction of sp³-hybridized carbons (Fsp3) is 0.333. The number of ether oxygens (including phenoxy) is 2. The third-order valence-electron chi connectivity index (χ3n) is 2.79. The van der Waals surface area contributed by atoms with Gasteiger partial charge in [0.2, 0.25) is 0 Å². The van der Waals surface area contributed by atoms with Gasteiger partial charge in [-0.15, -0.1) is 0 Å². The molecule has 2 aromatic rings. The molecule has 1 aromatic heterocycles. The Morgan fingerprint density at radius 3 is 2.76 bits per heavy atom. The monoisotopic (exact) mass is 417 g/mol. The molecule has 0 fully saturated rings. The Morgan fingerprint density at radius 2 is 2.05 bits per heavy atom. The number of halogens is 2. The van der Waals surface area contributed by atoms with E-state index < -0.39 is 0 Å². The van der Waals surface area contributed by atoms with E-state index in [2.05, 4.69) is 43.2 Å². The zero-order valence-corrected chi connectivity index (χ0v) is 14.9. The van der Waals surface area contributed by atoms with Gasteiger partial charge in [-0.25, -0.2) is 0 Å². The molecule has 1 heterocycles. The fourth-order valence-corrected chi connectivity index (χ4v) is 2.43. The summed E-state index contributed by atoms with van der Waals surface area (Å²) in [5.41, 5.74) is 2.16. The smallest absolute Gasteiger partial charge is 0.183 e. The Bertz CT molecular complexity index is 552. The Kier molecular flexibility index (Phi) is 6.76. The Morgan fingerprint density at radius 1 is 1.19 bits per heavy atom. The van der Waals surface area contributed by atoms with Gasteiger partial charge in [-0.3, -0.25) is 0 Å². The van der Waals surface area contributed by atoms with Crippen molar-refractivity contribution in [3.05, 3.63) is 50.8 Å². The first kappa shape index (κ1) is 16.5. The molecule has 0 unspecified atom stereocenters. The van der Waals surface area contributed by atoms with Crippen LogP contribution in [-0.4, -0.2) is 20.3 Å². The predicted octanol–water partition coefficient (Wildman–Crippen LogP) is 4.58. The van der Waals surface area contributed by atoms with Crippen LogP contribution in [0.4, 0.5) is 5.69 Å². The van der Waals surface area contributed by atoms with Crippen LogP contribution in [0.2, 0.25) is 0 Å². The van der Waals surface area contributed by atoms with Crippen molar-refractivity contribution in [2.24, 2.45) is 0 Å². The van der Waals surface area contributed by atoms with Crippen molar-refractivity contribution in [3.8, 4) is 0 Å². The lowest BCUT2D eigenvalue weighted by Gasteiger charge is -2.08. The lowest BCUT2D eigenvalue weighted by atomic mass is 10.2. The normalized spacial score (nSPS) is 10.8. The van der Waals surface area contributed by atoms with Gasteiger partial charge in [-0.05, 0) is 55.6 Å². The van der Waals surface area contributed by atoms with Crippen molar-refractivity contribution < 1.29 is 13.9 Å². The van der Waals surface area contributed by atoms with Crippen molar-refractivity contribution in [1.29, 1.82) is 0 Å². The van der Waals surface area contributed by atoms with Crippen LogP contribution in [0.5, 0.6) is 0 Å². The summed E-state index contributed by atoms with van der Waals surface area (Å²) in [6, 6.07) is 10.1. The molecular weight excluding hydrogens is 402 g/mol. The third kappa shape index (κ3) is 5.47. The maximum absolute atomic E-state index is 5.53. The number of hydrogen-bond donors (Lipinski definition) is 1. The summed E-state index contributed by atoms with van der Waals surface area (Å²) >= 11 is 6.73. The number of methoxy groups -OCH3 is 1. The quantitative estimate of drug-likeness (QED) is 0.637. The Labute approximate surface area is 141 Å². The maximum atomic E-state index is 5.53. The number of rotatable bonds is 8. The second-order valence-electron chi connectivity index (χ2n) is 4.43. The minimum absolute atomic E-state index is 0.580. The summed E-state index contributed by atoms with van der Waals surface area (Å²) in [6.45, 7) is 2.41. The Hall–Kier alpha value is -0.820. The van der Waals surface area contributed by atoms with Crippen molar-refractivity contribution in [3.63, 3.8) is 0 Å². The number of furan rings is 1. The van der Waals surface area contributed by atoms with E-state index in [9.17, 15) is 0 Å². The molecule has 0 amide bonds. The molecular formula is C15H17Br2NO3. The second-order valence-corrected chi connectivity index (χ2v) is 6.01. The van der Waals surface area contributed by atoms with E-state index in [-0.39, 0.29) is 0 Å². The highest BCUT2D eigenvalue weighted by molar-refractivity contribution is 9.13. The molecule has 0 saturated carbocycles. The molecule has 0 aliphatic rings. The van der Waals surface area contributed by atoms with Crippen LogP contribution in [0.1, 0.15) is 11.3 Å². The zero-order valence-electron chi connectivity index (χ0n) is 11.7. The van der Waals surface area contributed by atoms with Crippen LogP contribution in [0.15, 0.2) is 43.9 Å². The van der Waals surface area contributed by atoms with Gasteiger partial charge in [-0.2, -0.15) is 0 Å². The van der Waals surface area contributed by atoms with Crippen LogP contribution in [-0.2, 0) is 22.6 Å². The topological polar surface area (TPSA) is 43.6 Å². The molecule has 0 aliphatic heterocycles. The maximum Gasteiger partial charge on any atom is 0.183 e. The zero-order chi connectivity index (χ0) is 15.1. The fourth-order valence-electron chi connectivity index (χ4n) is 1.77. The van der Waals surface area contributed by atoms with Gasteiger partial charge in [0.25, 0.3) is 0 Å². The molecule has 0 saturated heterocycles. The molecule has 0 aliphatic carbocycles. The molecule has 6 heteroatoms. The summed E-state index contributed by atoms with van der Waals surface area (Å²) in [7, 11) is 1.67. The molecule has 0 radical (unpaired) electrons. The highest BCUT2D eigenvalue weighted by Crippen LogP contribution is 2.27. The van der Waals surface area contributed by atoms with Crippen molar-refractivity contribution in [1.82, 2.24) is 0 Å². The van der Waals surface area contributed by atoms with Gasteiger partial charge in [0, 0.05) is 12.8 Å². The minimum atomic E-state index is 0.580. The largest absolute Gasteiger partial charge is 0.451 e. The van der Waals surface area contributed by atoms with E-state index in [0.29, 0.717) is 31.0 Å². The van der Waals surface area contributed by atoms with Gasteiger partial charge in [0.1, 0.15) is 5.76 Å². The van der Waals surface area contributed by atoms with Crippen LogP contribution < -0.4 is 5.32 Å². The summed E-state index contributed by atoms with van der Waals surface area (Å²) in [5, 5.41) is 3.33. The van der Waals surface area contributed by atoms with Crippen molar-refractivity contribution >= 4 is 37.5 Å². The number of nitrogens with one attached hydrogen (secondary N) is 1. The lowest BCUT2D eigenvalue weighted by Crippen LogP contribution is -2.02. The standard InChI is InChI=1S/C15H17Br2NO3/c1-19-5-6-20-10-11-3-2-4-12(7-11)18-9-13-8-14(16)15(17)21-13/h2-4,7-8,18H,5-6,9-10H2,1H3. The van der Waals surface area contributed by atoms with Gasteiger partial charge in [0.05, 0.1) is 30.8 Å². The van der Waals surface area contributed by atoms with Gasteiger partial charge >= 0.3 is 0 Å². The average molecular weight is 419 g/mol. The molecule has 0 atom stereocenters. The highest BCUT2D eigenvalue weighted by atomic mass is 79.9. The van der Waals surface area contributed by atoms with E-state index in [4.69, 9.17) is 13.9 Å². The molecule has 2 rings (SSSR count). The molecule has 0 spiro atoms. The van der Waals surface area contributed by atoms with E-state index in [1.54, 1.807) is 7.11 Å². The van der Waals surface area contributed by atoms with Crippen LogP contribution >= 0.6 is 31.9 Å². The molecule has 0 bridgehead atoms. The highest BCUT2D eigenvalue weighted by Gasteiger charge is 2.05. The van der Waals surface area contributed by atoms with Gasteiger partial charge < -0.3 is 19.2 Å². The number of benzene rings is 1. The summed E-state index contributed by atoms with van der Waals surface area (Å²) < 4.78 is 17.6. The number of anilines is 1. The van der Waals surface area contributed by atoms with Crippen LogP contribution in [0, 0.1) is 0 Å². The predicted molar refractivity (Wildman–Crippen MR) is 89.4 cm³/mol. The van der Waals surface area contributed by atoms with Gasteiger partial charge in [0.15, 0.2) is 4.67 Å². The molecule has 21 heavy (non-hydrogen) atoms. The average Bonchev–Trinajstić information content (AvgIpc) is 2.81. The third-order valence-corrected chi connectivity index (χ3v) is 4.50. The minimum Gasteiger partial charge on any atom is -0.451 e. The number of hydrogen-bond acceptors (Lipinski definition) is 4. The van der Waals surface area contributed by atoms with E-state index in [1.165, 1.54) is 0 Å². The first-order valence-corrected chi connectivity index (χ1v) is 8.11. The van der Waals surface area contributed by atoms with E-state index >= 15 is 0 Å². The van der Waals surface area contributed by atoms with E-state index in [0.717, 1.165) is 21.5 Å². The van der Waals surface area contributed by atoms with Crippen molar-refractivity contribution in [2.75, 3.05) is 25.6 Å². The SMILES string of the molecule is COCCOCc1cccc(NCc2cc(Br)c(Br)o2)c1.